The van der Waals surface area contributed by atoms with E-state index in [-0.39, 0.29) is 17.8 Å². The maximum absolute atomic E-state index is 13.5. The standard InChI is InChI=1S/C24H29F3N6O2/c1-12-9-29-21-31-20(17-10-32(11-19(17)33(12)21)22(34)35-23(4,5)6)30-14(3)16-7-15(28)8-18(13(16)2)24(25,26)27/h7-9,14H,10-11,28H2,1-6H3,(H,29,30,31)/t14-/m1/s1. The van der Waals surface area contributed by atoms with Crippen molar-refractivity contribution in [1.29, 1.82) is 0 Å². The average molecular weight is 491 g/mol. The van der Waals surface area contributed by atoms with E-state index in [4.69, 9.17) is 10.5 Å². The van der Waals surface area contributed by atoms with Gasteiger partial charge in [0.05, 0.1) is 36.6 Å². The number of amides is 1. The Balaban J connectivity index is 1.73. The fourth-order valence-corrected chi connectivity index (χ4v) is 4.40. The van der Waals surface area contributed by atoms with Crippen molar-refractivity contribution in [3.63, 3.8) is 0 Å². The summed E-state index contributed by atoms with van der Waals surface area (Å²) < 4.78 is 48.0. The molecule has 3 heterocycles. The van der Waals surface area contributed by atoms with Gasteiger partial charge in [-0.05, 0) is 64.8 Å². The van der Waals surface area contributed by atoms with E-state index in [9.17, 15) is 18.0 Å². The molecule has 1 aliphatic heterocycles. The monoisotopic (exact) mass is 490 g/mol. The second kappa shape index (κ2) is 8.31. The molecule has 4 rings (SSSR count). The third kappa shape index (κ3) is 4.71. The summed E-state index contributed by atoms with van der Waals surface area (Å²) in [5, 5.41) is 3.25. The number of nitrogens with two attached hydrogens (primary N) is 1. The number of aryl methyl sites for hydroxylation is 1. The largest absolute Gasteiger partial charge is 0.444 e. The number of nitrogen functional groups attached to an aromatic ring is 1. The van der Waals surface area contributed by atoms with Gasteiger partial charge < -0.3 is 15.8 Å². The van der Waals surface area contributed by atoms with E-state index in [1.54, 1.807) is 38.8 Å². The van der Waals surface area contributed by atoms with Crippen molar-refractivity contribution >= 4 is 23.4 Å². The fourth-order valence-electron chi connectivity index (χ4n) is 4.40. The summed E-state index contributed by atoms with van der Waals surface area (Å²) in [4.78, 5) is 23.3. The van der Waals surface area contributed by atoms with Crippen LogP contribution in [0.2, 0.25) is 0 Å². The van der Waals surface area contributed by atoms with Crippen molar-refractivity contribution in [2.45, 2.75) is 72.5 Å². The van der Waals surface area contributed by atoms with Crippen LogP contribution in [0.4, 0.5) is 29.5 Å². The molecule has 0 radical (unpaired) electrons. The third-order valence-electron chi connectivity index (χ3n) is 5.97. The van der Waals surface area contributed by atoms with E-state index >= 15 is 0 Å². The van der Waals surface area contributed by atoms with Crippen LogP contribution in [-0.2, 0) is 24.0 Å². The molecule has 0 unspecified atom stereocenters. The van der Waals surface area contributed by atoms with Gasteiger partial charge in [-0.15, -0.1) is 0 Å². The zero-order chi connectivity index (χ0) is 25.9. The highest BCUT2D eigenvalue weighted by Crippen LogP contribution is 2.38. The number of carbonyl (C=O) groups excluding carboxylic acids is 1. The Labute approximate surface area is 201 Å². The molecule has 11 heteroatoms. The van der Waals surface area contributed by atoms with Crippen LogP contribution in [0, 0.1) is 13.8 Å². The number of aromatic nitrogens is 3. The van der Waals surface area contributed by atoms with Gasteiger partial charge in [-0.3, -0.25) is 9.30 Å². The molecule has 0 aliphatic carbocycles. The minimum absolute atomic E-state index is 0.0280. The predicted octanol–water partition coefficient (Wildman–Crippen LogP) is 5.37. The molecule has 1 atom stereocenters. The van der Waals surface area contributed by atoms with Crippen LogP contribution in [0.5, 0.6) is 0 Å². The molecule has 1 aromatic carbocycles. The van der Waals surface area contributed by atoms with Crippen molar-refractivity contribution in [3.8, 4) is 0 Å². The maximum atomic E-state index is 13.5. The Morgan fingerprint density at radius 3 is 2.51 bits per heavy atom. The van der Waals surface area contributed by atoms with Gasteiger partial charge in [0.15, 0.2) is 0 Å². The van der Waals surface area contributed by atoms with E-state index < -0.39 is 29.5 Å². The molecule has 0 bridgehead atoms. The maximum Gasteiger partial charge on any atom is 0.416 e. The normalized spacial score (nSPS) is 14.8. The fraction of sp³-hybridized carbons (Fsp3) is 0.458. The molecule has 8 nitrogen and oxygen atoms in total. The van der Waals surface area contributed by atoms with Crippen molar-refractivity contribution in [3.05, 3.63) is 52.0 Å². The van der Waals surface area contributed by atoms with Crippen LogP contribution < -0.4 is 11.1 Å². The van der Waals surface area contributed by atoms with Crippen LogP contribution in [0.25, 0.3) is 5.78 Å². The number of ether oxygens (including phenoxy) is 1. The summed E-state index contributed by atoms with van der Waals surface area (Å²) >= 11 is 0. The van der Waals surface area contributed by atoms with E-state index in [0.717, 1.165) is 23.0 Å². The topological polar surface area (TPSA) is 97.8 Å². The van der Waals surface area contributed by atoms with Crippen LogP contribution in [0.1, 0.15) is 67.4 Å². The number of nitrogens with one attached hydrogen (secondary N) is 1. The van der Waals surface area contributed by atoms with Gasteiger partial charge in [-0.1, -0.05) is 0 Å². The lowest BCUT2D eigenvalue weighted by Gasteiger charge is -2.24. The lowest BCUT2D eigenvalue weighted by Crippen LogP contribution is -2.33. The van der Waals surface area contributed by atoms with Gasteiger partial charge in [-0.2, -0.15) is 18.2 Å². The number of anilines is 2. The second-order valence-electron chi connectivity index (χ2n) is 9.90. The first-order valence-corrected chi connectivity index (χ1v) is 11.2. The summed E-state index contributed by atoms with van der Waals surface area (Å²) in [6.07, 6.45) is -3.29. The van der Waals surface area contributed by atoms with Crippen LogP contribution >= 0.6 is 0 Å². The SMILES string of the molecule is Cc1c([C@@H](C)Nc2nc3ncc(C)n3c3c2CN(C(=O)OC(C)(C)C)C3)cc(N)cc1C(F)(F)F. The number of nitrogens with zero attached hydrogens (tertiary/aromatic N) is 4. The summed E-state index contributed by atoms with van der Waals surface area (Å²) in [5.74, 6) is 0.884. The van der Waals surface area contributed by atoms with Gasteiger partial charge in [0.2, 0.25) is 5.78 Å². The molecule has 0 fully saturated rings. The Kier molecular flexibility index (Phi) is 5.85. The van der Waals surface area contributed by atoms with Crippen molar-refractivity contribution in [2.75, 3.05) is 11.1 Å². The molecular formula is C24H29F3N6O2. The summed E-state index contributed by atoms with van der Waals surface area (Å²) in [7, 11) is 0. The third-order valence-corrected chi connectivity index (χ3v) is 5.97. The quantitative estimate of drug-likeness (QED) is 0.479. The molecule has 3 aromatic rings. The van der Waals surface area contributed by atoms with E-state index in [1.165, 1.54) is 13.0 Å². The molecule has 3 N–H and O–H groups in total. The minimum atomic E-state index is -4.52. The summed E-state index contributed by atoms with van der Waals surface area (Å²) in [6.45, 7) is 11.0. The summed E-state index contributed by atoms with van der Waals surface area (Å²) in [6, 6.07) is 1.93. The number of halogens is 3. The van der Waals surface area contributed by atoms with Gasteiger partial charge in [0, 0.05) is 16.9 Å². The van der Waals surface area contributed by atoms with Gasteiger partial charge in [0.1, 0.15) is 11.4 Å². The molecule has 188 valence electrons. The Bertz CT molecular complexity index is 1310. The predicted molar refractivity (Wildman–Crippen MR) is 126 cm³/mol. The second-order valence-corrected chi connectivity index (χ2v) is 9.90. The van der Waals surface area contributed by atoms with E-state index in [0.29, 0.717) is 23.7 Å². The highest BCUT2D eigenvalue weighted by atomic mass is 19.4. The van der Waals surface area contributed by atoms with Crippen LogP contribution in [-0.4, -0.2) is 31.0 Å². The molecule has 0 spiro atoms. The van der Waals surface area contributed by atoms with Gasteiger partial charge >= 0.3 is 12.3 Å². The number of imidazole rings is 1. The first-order chi connectivity index (χ1) is 16.2. The zero-order valence-electron chi connectivity index (χ0n) is 20.5. The van der Waals surface area contributed by atoms with Crippen LogP contribution in [0.15, 0.2) is 18.3 Å². The number of fused-ring (bicyclic) bond motifs is 3. The van der Waals surface area contributed by atoms with Crippen molar-refractivity contribution in [1.82, 2.24) is 19.3 Å². The molecule has 1 amide bonds. The average Bonchev–Trinajstić information content (AvgIpc) is 3.31. The van der Waals surface area contributed by atoms with Gasteiger partial charge in [0.25, 0.3) is 0 Å². The molecule has 0 saturated carbocycles. The Hall–Kier alpha value is -3.50. The molecule has 0 saturated heterocycles. The van der Waals surface area contributed by atoms with E-state index in [1.807, 2.05) is 11.3 Å². The first-order valence-electron chi connectivity index (χ1n) is 11.2. The number of hydrogen-bond acceptors (Lipinski definition) is 6. The van der Waals surface area contributed by atoms with E-state index in [2.05, 4.69) is 15.3 Å². The highest BCUT2D eigenvalue weighted by molar-refractivity contribution is 5.70. The van der Waals surface area contributed by atoms with Crippen molar-refractivity contribution in [2.24, 2.45) is 0 Å². The van der Waals surface area contributed by atoms with Crippen LogP contribution in [0.3, 0.4) is 0 Å². The number of alkyl halides is 3. The smallest absolute Gasteiger partial charge is 0.416 e. The number of hydrogen-bond donors (Lipinski definition) is 2. The molecule has 1 aliphatic rings. The Morgan fingerprint density at radius 2 is 1.89 bits per heavy atom. The lowest BCUT2D eigenvalue weighted by molar-refractivity contribution is -0.138. The number of rotatable bonds is 3. The number of benzene rings is 1. The first kappa shape index (κ1) is 24.6. The Morgan fingerprint density at radius 1 is 1.20 bits per heavy atom. The van der Waals surface area contributed by atoms with Gasteiger partial charge in [-0.25, -0.2) is 9.78 Å². The minimum Gasteiger partial charge on any atom is -0.444 e. The molecule has 2 aromatic heterocycles. The molecular weight excluding hydrogens is 461 g/mol. The molecule has 35 heavy (non-hydrogen) atoms. The van der Waals surface area contributed by atoms with Crippen molar-refractivity contribution < 1.29 is 22.7 Å². The number of carbonyl (C=O) groups is 1. The lowest BCUT2D eigenvalue weighted by atomic mass is 9.96. The zero-order valence-corrected chi connectivity index (χ0v) is 20.5. The highest BCUT2D eigenvalue weighted by Gasteiger charge is 2.35. The summed E-state index contributed by atoms with van der Waals surface area (Å²) in [5.41, 5.74) is 7.36.